The van der Waals surface area contributed by atoms with Crippen molar-refractivity contribution in [3.05, 3.63) is 35.9 Å². The Morgan fingerprint density at radius 3 is 2.71 bits per heavy atom. The Morgan fingerprint density at radius 2 is 2.00 bits per heavy atom. The lowest BCUT2D eigenvalue weighted by Crippen LogP contribution is -2.53. The maximum Gasteiger partial charge on any atom is 0.0599 e. The first-order chi connectivity index (χ1) is 8.29. The van der Waals surface area contributed by atoms with Gasteiger partial charge in [0.15, 0.2) is 0 Å². The quantitative estimate of drug-likeness (QED) is 0.836. The molecule has 1 atom stereocenters. The van der Waals surface area contributed by atoms with Crippen LogP contribution in [0.5, 0.6) is 0 Å². The van der Waals surface area contributed by atoms with Crippen LogP contribution in [-0.2, 0) is 6.42 Å². The van der Waals surface area contributed by atoms with Gasteiger partial charge in [-0.1, -0.05) is 30.3 Å². The van der Waals surface area contributed by atoms with Crippen molar-refractivity contribution in [3.63, 3.8) is 0 Å². The van der Waals surface area contributed by atoms with E-state index in [4.69, 9.17) is 0 Å². The standard InChI is InChI=1S/C14H22N2O/c1-15-9-10-16(11-14(15)12-17)8-7-13-5-3-2-4-6-13/h2-6,14,17H,7-12H2,1H3. The summed E-state index contributed by atoms with van der Waals surface area (Å²) in [6.07, 6.45) is 1.10. The van der Waals surface area contributed by atoms with E-state index in [1.807, 2.05) is 0 Å². The summed E-state index contributed by atoms with van der Waals surface area (Å²) >= 11 is 0. The maximum atomic E-state index is 9.30. The fourth-order valence-electron chi connectivity index (χ4n) is 2.34. The minimum atomic E-state index is 0.262. The van der Waals surface area contributed by atoms with E-state index in [1.54, 1.807) is 0 Å². The van der Waals surface area contributed by atoms with Crippen LogP contribution in [0.4, 0.5) is 0 Å². The Hall–Kier alpha value is -0.900. The second kappa shape index (κ2) is 6.15. The van der Waals surface area contributed by atoms with E-state index in [0.717, 1.165) is 32.6 Å². The van der Waals surface area contributed by atoms with Crippen molar-refractivity contribution in [1.29, 1.82) is 0 Å². The lowest BCUT2D eigenvalue weighted by molar-refractivity contribution is 0.0583. The molecule has 0 spiro atoms. The highest BCUT2D eigenvalue weighted by Crippen LogP contribution is 2.08. The van der Waals surface area contributed by atoms with E-state index >= 15 is 0 Å². The van der Waals surface area contributed by atoms with Gasteiger partial charge in [0.1, 0.15) is 0 Å². The SMILES string of the molecule is CN1CCN(CCc2ccccc2)CC1CO. The normalized spacial score (nSPS) is 22.8. The summed E-state index contributed by atoms with van der Waals surface area (Å²) in [5.41, 5.74) is 1.40. The average Bonchev–Trinajstić information content (AvgIpc) is 2.39. The van der Waals surface area contributed by atoms with Gasteiger partial charge in [-0.3, -0.25) is 4.90 Å². The third-order valence-electron chi connectivity index (χ3n) is 3.63. The predicted octanol–water partition coefficient (Wildman–Crippen LogP) is 0.837. The van der Waals surface area contributed by atoms with Crippen molar-refractivity contribution in [2.45, 2.75) is 12.5 Å². The van der Waals surface area contributed by atoms with Gasteiger partial charge in [-0.05, 0) is 19.0 Å². The zero-order chi connectivity index (χ0) is 12.1. The summed E-state index contributed by atoms with van der Waals surface area (Å²) in [6.45, 7) is 4.51. The molecule has 3 heteroatoms. The van der Waals surface area contributed by atoms with Gasteiger partial charge in [-0.25, -0.2) is 0 Å². The molecular formula is C14H22N2O. The molecule has 1 unspecified atom stereocenters. The molecule has 1 saturated heterocycles. The predicted molar refractivity (Wildman–Crippen MR) is 70.1 cm³/mol. The van der Waals surface area contributed by atoms with Crippen LogP contribution in [0, 0.1) is 0 Å². The Labute approximate surface area is 104 Å². The number of hydrogen-bond donors (Lipinski definition) is 1. The molecule has 0 aromatic heterocycles. The van der Waals surface area contributed by atoms with E-state index in [0.29, 0.717) is 6.04 Å². The summed E-state index contributed by atoms with van der Waals surface area (Å²) in [4.78, 5) is 4.70. The van der Waals surface area contributed by atoms with Crippen LogP contribution in [0.25, 0.3) is 0 Å². The highest BCUT2D eigenvalue weighted by atomic mass is 16.3. The van der Waals surface area contributed by atoms with Gasteiger partial charge in [0, 0.05) is 32.2 Å². The van der Waals surface area contributed by atoms with Gasteiger partial charge in [0.05, 0.1) is 6.61 Å². The van der Waals surface area contributed by atoms with Crippen molar-refractivity contribution in [2.24, 2.45) is 0 Å². The third-order valence-corrected chi connectivity index (χ3v) is 3.63. The molecule has 0 saturated carbocycles. The summed E-state index contributed by atoms with van der Waals surface area (Å²) in [6, 6.07) is 10.9. The van der Waals surface area contributed by atoms with E-state index in [1.165, 1.54) is 5.56 Å². The first-order valence-electron chi connectivity index (χ1n) is 6.37. The Balaban J connectivity index is 1.80. The fourth-order valence-corrected chi connectivity index (χ4v) is 2.34. The van der Waals surface area contributed by atoms with E-state index < -0.39 is 0 Å². The lowest BCUT2D eigenvalue weighted by Gasteiger charge is -2.38. The molecule has 3 nitrogen and oxygen atoms in total. The van der Waals surface area contributed by atoms with Crippen LogP contribution in [-0.4, -0.2) is 60.8 Å². The molecule has 1 aliphatic heterocycles. The van der Waals surface area contributed by atoms with Crippen molar-refractivity contribution in [1.82, 2.24) is 9.80 Å². The zero-order valence-electron chi connectivity index (χ0n) is 10.5. The molecule has 1 aliphatic rings. The number of piperazine rings is 1. The molecule has 0 bridgehead atoms. The number of likely N-dealkylation sites (N-methyl/N-ethyl adjacent to an activating group) is 1. The number of aliphatic hydroxyl groups excluding tert-OH is 1. The van der Waals surface area contributed by atoms with E-state index in [-0.39, 0.29) is 6.61 Å². The zero-order valence-corrected chi connectivity index (χ0v) is 10.5. The molecule has 1 fully saturated rings. The third kappa shape index (κ3) is 3.53. The van der Waals surface area contributed by atoms with Crippen LogP contribution < -0.4 is 0 Å². The summed E-state index contributed by atoms with van der Waals surface area (Å²) in [7, 11) is 2.09. The molecule has 1 N–H and O–H groups in total. The molecule has 0 aliphatic carbocycles. The Morgan fingerprint density at radius 1 is 1.24 bits per heavy atom. The minimum absolute atomic E-state index is 0.262. The molecule has 1 aromatic rings. The molecule has 0 amide bonds. The van der Waals surface area contributed by atoms with Gasteiger partial charge in [0.25, 0.3) is 0 Å². The van der Waals surface area contributed by atoms with Crippen molar-refractivity contribution < 1.29 is 5.11 Å². The first-order valence-corrected chi connectivity index (χ1v) is 6.37. The molecule has 1 aromatic carbocycles. The second-order valence-corrected chi connectivity index (χ2v) is 4.85. The first kappa shape index (κ1) is 12.6. The molecule has 94 valence electrons. The van der Waals surface area contributed by atoms with Gasteiger partial charge in [-0.2, -0.15) is 0 Å². The van der Waals surface area contributed by atoms with E-state index in [9.17, 15) is 5.11 Å². The van der Waals surface area contributed by atoms with E-state index in [2.05, 4.69) is 47.2 Å². The smallest absolute Gasteiger partial charge is 0.0599 e. The largest absolute Gasteiger partial charge is 0.395 e. The van der Waals surface area contributed by atoms with Crippen LogP contribution in [0.2, 0.25) is 0 Å². The van der Waals surface area contributed by atoms with Crippen molar-refractivity contribution in [3.8, 4) is 0 Å². The number of rotatable bonds is 4. The van der Waals surface area contributed by atoms with Gasteiger partial charge in [0.2, 0.25) is 0 Å². The summed E-state index contributed by atoms with van der Waals surface area (Å²) in [5.74, 6) is 0. The second-order valence-electron chi connectivity index (χ2n) is 4.85. The number of nitrogens with zero attached hydrogens (tertiary/aromatic N) is 2. The van der Waals surface area contributed by atoms with Crippen LogP contribution >= 0.6 is 0 Å². The minimum Gasteiger partial charge on any atom is -0.395 e. The number of aliphatic hydroxyl groups is 1. The summed E-state index contributed by atoms with van der Waals surface area (Å²) < 4.78 is 0. The highest BCUT2D eigenvalue weighted by molar-refractivity contribution is 5.14. The van der Waals surface area contributed by atoms with Crippen molar-refractivity contribution >= 4 is 0 Å². The number of benzene rings is 1. The summed E-state index contributed by atoms with van der Waals surface area (Å²) in [5, 5.41) is 9.30. The van der Waals surface area contributed by atoms with Crippen molar-refractivity contribution in [2.75, 3.05) is 39.8 Å². The van der Waals surface area contributed by atoms with Crippen LogP contribution in [0.1, 0.15) is 5.56 Å². The molecular weight excluding hydrogens is 212 g/mol. The maximum absolute atomic E-state index is 9.30. The average molecular weight is 234 g/mol. The van der Waals surface area contributed by atoms with Crippen LogP contribution in [0.3, 0.4) is 0 Å². The Kier molecular flexibility index (Phi) is 4.54. The molecule has 0 radical (unpaired) electrons. The topological polar surface area (TPSA) is 26.7 Å². The van der Waals surface area contributed by atoms with Gasteiger partial charge < -0.3 is 10.0 Å². The molecule has 1 heterocycles. The Bertz CT molecular complexity index is 328. The number of hydrogen-bond acceptors (Lipinski definition) is 3. The molecule has 2 rings (SSSR count). The van der Waals surface area contributed by atoms with Gasteiger partial charge >= 0.3 is 0 Å². The molecule has 17 heavy (non-hydrogen) atoms. The highest BCUT2D eigenvalue weighted by Gasteiger charge is 2.22. The van der Waals surface area contributed by atoms with Crippen LogP contribution in [0.15, 0.2) is 30.3 Å². The van der Waals surface area contributed by atoms with Gasteiger partial charge in [-0.15, -0.1) is 0 Å². The lowest BCUT2D eigenvalue weighted by atomic mass is 10.1. The fraction of sp³-hybridized carbons (Fsp3) is 0.571. The monoisotopic (exact) mass is 234 g/mol.